The Labute approximate surface area is 119 Å². The number of amides is 1. The third kappa shape index (κ3) is 2.82. The number of carbonyl (C=O) groups is 1. The van der Waals surface area contributed by atoms with Crippen molar-refractivity contribution in [2.45, 2.75) is 0 Å². The Morgan fingerprint density at radius 2 is 1.75 bits per heavy atom. The Balaban J connectivity index is 2.38. The lowest BCUT2D eigenvalue weighted by molar-refractivity contribution is 0.102. The summed E-state index contributed by atoms with van der Waals surface area (Å²) >= 11 is 2.97. The van der Waals surface area contributed by atoms with Gasteiger partial charge >= 0.3 is 0 Å². The minimum atomic E-state index is -1.45. The van der Waals surface area contributed by atoms with Crippen LogP contribution < -0.4 is 5.32 Å². The molecule has 1 amide bonds. The van der Waals surface area contributed by atoms with Crippen LogP contribution in [0.1, 0.15) is 10.4 Å². The fourth-order valence-corrected chi connectivity index (χ4v) is 2.07. The molecule has 0 saturated heterocycles. The number of carbonyl (C=O) groups excluding carboxylic acids is 1. The Morgan fingerprint density at radius 3 is 2.40 bits per heavy atom. The van der Waals surface area contributed by atoms with E-state index in [0.717, 1.165) is 6.07 Å². The van der Waals surface area contributed by atoms with Crippen molar-refractivity contribution in [1.29, 1.82) is 0 Å². The van der Waals surface area contributed by atoms with E-state index in [1.165, 1.54) is 12.1 Å². The van der Waals surface area contributed by atoms with Gasteiger partial charge in [-0.25, -0.2) is 17.6 Å². The molecule has 0 radical (unpaired) electrons. The summed E-state index contributed by atoms with van der Waals surface area (Å²) in [6.45, 7) is 0. The maximum Gasteiger partial charge on any atom is 0.259 e. The summed E-state index contributed by atoms with van der Waals surface area (Å²) in [7, 11) is 0. The van der Waals surface area contributed by atoms with Gasteiger partial charge in [0.15, 0.2) is 11.6 Å². The van der Waals surface area contributed by atoms with Gasteiger partial charge in [-0.2, -0.15) is 0 Å². The Bertz CT molecular complexity index is 670. The summed E-state index contributed by atoms with van der Waals surface area (Å²) in [4.78, 5) is 11.8. The molecule has 0 aromatic heterocycles. The van der Waals surface area contributed by atoms with Crippen molar-refractivity contribution in [2.75, 3.05) is 5.32 Å². The molecule has 2 aromatic carbocycles. The number of nitrogens with one attached hydrogen (secondary N) is 1. The molecule has 0 atom stereocenters. The summed E-state index contributed by atoms with van der Waals surface area (Å²) in [6, 6.07) is 4.73. The highest BCUT2D eigenvalue weighted by Crippen LogP contribution is 2.23. The van der Waals surface area contributed by atoms with E-state index in [2.05, 4.69) is 15.9 Å². The van der Waals surface area contributed by atoms with Crippen molar-refractivity contribution in [3.63, 3.8) is 0 Å². The number of rotatable bonds is 2. The quantitative estimate of drug-likeness (QED) is 0.638. The van der Waals surface area contributed by atoms with Crippen molar-refractivity contribution in [2.24, 2.45) is 0 Å². The highest BCUT2D eigenvalue weighted by Gasteiger charge is 2.19. The zero-order valence-electron chi connectivity index (χ0n) is 9.68. The van der Waals surface area contributed by atoms with Crippen LogP contribution in [0.3, 0.4) is 0 Å². The van der Waals surface area contributed by atoms with Gasteiger partial charge in [-0.05, 0) is 28.1 Å². The van der Waals surface area contributed by atoms with E-state index in [9.17, 15) is 22.4 Å². The van der Waals surface area contributed by atoms with E-state index in [1.807, 2.05) is 5.32 Å². The number of halogens is 5. The van der Waals surface area contributed by atoms with Crippen LogP contribution >= 0.6 is 15.9 Å². The van der Waals surface area contributed by atoms with Gasteiger partial charge in [-0.15, -0.1) is 0 Å². The molecule has 0 spiro atoms. The largest absolute Gasteiger partial charge is 0.319 e. The molecule has 2 nitrogen and oxygen atoms in total. The molecular formula is C13H6BrF4NO. The predicted octanol–water partition coefficient (Wildman–Crippen LogP) is 4.26. The zero-order chi connectivity index (χ0) is 14.9. The molecule has 2 rings (SSSR count). The molecule has 1 N–H and O–H groups in total. The molecule has 0 unspecified atom stereocenters. The van der Waals surface area contributed by atoms with Crippen molar-refractivity contribution in [1.82, 2.24) is 0 Å². The first kappa shape index (κ1) is 14.5. The van der Waals surface area contributed by atoms with Crippen LogP contribution in [0.2, 0.25) is 0 Å². The second-order valence-corrected chi connectivity index (χ2v) is 4.65. The van der Waals surface area contributed by atoms with Gasteiger partial charge in [0.1, 0.15) is 11.6 Å². The molecule has 0 heterocycles. The summed E-state index contributed by atoms with van der Waals surface area (Å²) < 4.78 is 53.0. The van der Waals surface area contributed by atoms with Crippen LogP contribution in [0, 0.1) is 23.3 Å². The van der Waals surface area contributed by atoms with E-state index >= 15 is 0 Å². The number of hydrogen-bond acceptors (Lipinski definition) is 1. The molecule has 0 aliphatic heterocycles. The summed E-state index contributed by atoms with van der Waals surface area (Å²) in [5, 5.41) is 1.93. The van der Waals surface area contributed by atoms with E-state index in [-0.39, 0.29) is 4.47 Å². The lowest BCUT2D eigenvalue weighted by Gasteiger charge is -2.09. The lowest BCUT2D eigenvalue weighted by atomic mass is 10.2. The van der Waals surface area contributed by atoms with Crippen molar-refractivity contribution >= 4 is 27.5 Å². The van der Waals surface area contributed by atoms with Gasteiger partial charge < -0.3 is 5.32 Å². The van der Waals surface area contributed by atoms with Gasteiger partial charge in [0.2, 0.25) is 0 Å². The highest BCUT2D eigenvalue weighted by molar-refractivity contribution is 9.10. The Kier molecular flexibility index (Phi) is 4.08. The minimum absolute atomic E-state index is 0.132. The van der Waals surface area contributed by atoms with Crippen LogP contribution in [-0.2, 0) is 0 Å². The fourth-order valence-electron chi connectivity index (χ4n) is 1.55. The standard InChI is InChI=1S/C13H6BrF4NO/c14-7-2-1-3-8(16)11(7)13(20)19-10-5-6(15)4-9(17)12(10)18/h1-5H,(H,19,20). The van der Waals surface area contributed by atoms with Crippen LogP contribution in [0.5, 0.6) is 0 Å². The van der Waals surface area contributed by atoms with Crippen LogP contribution in [-0.4, -0.2) is 5.91 Å². The smallest absolute Gasteiger partial charge is 0.259 e. The second kappa shape index (κ2) is 5.62. The molecule has 0 bridgehead atoms. The average Bonchev–Trinajstić information content (AvgIpc) is 2.35. The van der Waals surface area contributed by atoms with E-state index < -0.39 is 40.4 Å². The minimum Gasteiger partial charge on any atom is -0.319 e. The first-order valence-corrected chi connectivity index (χ1v) is 6.09. The number of benzene rings is 2. The third-order valence-corrected chi connectivity index (χ3v) is 3.09. The maximum absolute atomic E-state index is 13.5. The Hall–Kier alpha value is -1.89. The van der Waals surface area contributed by atoms with Crippen LogP contribution in [0.4, 0.5) is 23.2 Å². The molecule has 0 aliphatic carbocycles. The van der Waals surface area contributed by atoms with E-state index in [4.69, 9.17) is 0 Å². The Morgan fingerprint density at radius 1 is 1.05 bits per heavy atom. The molecule has 0 fully saturated rings. The first-order chi connectivity index (χ1) is 9.40. The van der Waals surface area contributed by atoms with Gasteiger partial charge in [-0.3, -0.25) is 4.79 Å². The topological polar surface area (TPSA) is 29.1 Å². The maximum atomic E-state index is 13.5. The normalized spacial score (nSPS) is 10.4. The van der Waals surface area contributed by atoms with Crippen molar-refractivity contribution in [3.8, 4) is 0 Å². The molecule has 0 aliphatic rings. The number of anilines is 1. The van der Waals surface area contributed by atoms with Crippen LogP contribution in [0.15, 0.2) is 34.8 Å². The SMILES string of the molecule is O=C(Nc1cc(F)cc(F)c1F)c1c(F)cccc1Br. The van der Waals surface area contributed by atoms with Crippen LogP contribution in [0.25, 0.3) is 0 Å². The van der Waals surface area contributed by atoms with Crippen molar-refractivity contribution < 1.29 is 22.4 Å². The third-order valence-electron chi connectivity index (χ3n) is 2.43. The fraction of sp³-hybridized carbons (Fsp3) is 0. The highest BCUT2D eigenvalue weighted by atomic mass is 79.9. The predicted molar refractivity (Wildman–Crippen MR) is 68.4 cm³/mol. The van der Waals surface area contributed by atoms with Crippen molar-refractivity contribution in [3.05, 3.63) is 63.6 Å². The molecule has 2 aromatic rings. The van der Waals surface area contributed by atoms with E-state index in [1.54, 1.807) is 0 Å². The summed E-state index contributed by atoms with van der Waals surface area (Å²) in [6.07, 6.45) is 0. The number of hydrogen-bond donors (Lipinski definition) is 1. The molecule has 20 heavy (non-hydrogen) atoms. The lowest BCUT2D eigenvalue weighted by Crippen LogP contribution is -2.16. The van der Waals surface area contributed by atoms with Gasteiger partial charge in [0, 0.05) is 16.6 Å². The monoisotopic (exact) mass is 347 g/mol. The average molecular weight is 348 g/mol. The molecular weight excluding hydrogens is 342 g/mol. The zero-order valence-corrected chi connectivity index (χ0v) is 11.3. The summed E-state index contributed by atoms with van der Waals surface area (Å²) in [5.41, 5.74) is -1.10. The second-order valence-electron chi connectivity index (χ2n) is 3.80. The molecule has 104 valence electrons. The molecule has 0 saturated carbocycles. The molecule has 7 heteroatoms. The van der Waals surface area contributed by atoms with Gasteiger partial charge in [-0.1, -0.05) is 6.07 Å². The summed E-state index contributed by atoms with van der Waals surface area (Å²) in [5.74, 6) is -5.82. The van der Waals surface area contributed by atoms with Gasteiger partial charge in [0.25, 0.3) is 5.91 Å². The van der Waals surface area contributed by atoms with E-state index in [0.29, 0.717) is 12.1 Å². The van der Waals surface area contributed by atoms with Gasteiger partial charge in [0.05, 0.1) is 11.3 Å². The first-order valence-electron chi connectivity index (χ1n) is 5.30.